The molecule has 20 heavy (non-hydrogen) atoms. The largest absolute Gasteiger partial charge is 0.373 e. The predicted molar refractivity (Wildman–Crippen MR) is 79.4 cm³/mol. The molecule has 1 aliphatic heterocycles. The molecule has 1 aliphatic rings. The number of rotatable bonds is 6. The summed E-state index contributed by atoms with van der Waals surface area (Å²) >= 11 is 0. The number of hydrogen-bond donors (Lipinski definition) is 0. The molecule has 0 spiro atoms. The van der Waals surface area contributed by atoms with Crippen molar-refractivity contribution in [2.24, 2.45) is 5.92 Å². The van der Waals surface area contributed by atoms with Gasteiger partial charge >= 0.3 is 0 Å². The van der Waals surface area contributed by atoms with Gasteiger partial charge < -0.3 is 14.2 Å². The van der Waals surface area contributed by atoms with E-state index in [2.05, 4.69) is 19.1 Å². The van der Waals surface area contributed by atoms with E-state index in [0.29, 0.717) is 25.7 Å². The first-order valence-electron chi connectivity index (χ1n) is 7.54. The molecule has 3 nitrogen and oxygen atoms in total. The molecular weight excluding hydrogens is 252 g/mol. The average molecular weight is 278 g/mol. The van der Waals surface area contributed by atoms with Crippen molar-refractivity contribution in [2.45, 2.75) is 52.1 Å². The van der Waals surface area contributed by atoms with E-state index in [4.69, 9.17) is 14.2 Å². The molecule has 1 aromatic rings. The molecule has 0 radical (unpaired) electrons. The fraction of sp³-hybridized carbons (Fsp3) is 0.647. The Balaban J connectivity index is 1.87. The SMILES string of the molecule is CCCC(OCc1ccccc1)C1COC(C)(C)OC1. The zero-order valence-electron chi connectivity index (χ0n) is 12.8. The lowest BCUT2D eigenvalue weighted by molar-refractivity contribution is -0.274. The lowest BCUT2D eigenvalue weighted by Gasteiger charge is -2.38. The summed E-state index contributed by atoms with van der Waals surface area (Å²) in [4.78, 5) is 0. The van der Waals surface area contributed by atoms with Gasteiger partial charge in [0, 0.05) is 5.92 Å². The highest BCUT2D eigenvalue weighted by atomic mass is 16.7. The Morgan fingerprint density at radius 1 is 1.20 bits per heavy atom. The van der Waals surface area contributed by atoms with E-state index in [1.54, 1.807) is 0 Å². The van der Waals surface area contributed by atoms with Crippen LogP contribution in [0.5, 0.6) is 0 Å². The van der Waals surface area contributed by atoms with Gasteiger partial charge in [-0.3, -0.25) is 0 Å². The van der Waals surface area contributed by atoms with Gasteiger partial charge in [-0.05, 0) is 25.8 Å². The molecule has 1 saturated heterocycles. The maximum atomic E-state index is 6.12. The van der Waals surface area contributed by atoms with Crippen molar-refractivity contribution >= 4 is 0 Å². The van der Waals surface area contributed by atoms with Gasteiger partial charge in [-0.15, -0.1) is 0 Å². The van der Waals surface area contributed by atoms with Crippen LogP contribution in [0, 0.1) is 5.92 Å². The Labute approximate surface area is 122 Å². The molecule has 0 amide bonds. The first-order valence-corrected chi connectivity index (χ1v) is 7.54. The van der Waals surface area contributed by atoms with E-state index in [1.807, 2.05) is 32.0 Å². The van der Waals surface area contributed by atoms with Crippen LogP contribution >= 0.6 is 0 Å². The third-order valence-electron chi connectivity index (χ3n) is 3.70. The van der Waals surface area contributed by atoms with Crippen LogP contribution in [0.25, 0.3) is 0 Å². The second kappa shape index (κ2) is 7.21. The molecule has 0 aromatic heterocycles. The fourth-order valence-corrected chi connectivity index (χ4v) is 2.44. The van der Waals surface area contributed by atoms with Crippen molar-refractivity contribution in [3.05, 3.63) is 35.9 Å². The average Bonchev–Trinajstić information content (AvgIpc) is 2.45. The van der Waals surface area contributed by atoms with E-state index in [-0.39, 0.29) is 6.10 Å². The van der Waals surface area contributed by atoms with Crippen LogP contribution in [0.15, 0.2) is 30.3 Å². The lowest BCUT2D eigenvalue weighted by Crippen LogP contribution is -2.44. The smallest absolute Gasteiger partial charge is 0.162 e. The van der Waals surface area contributed by atoms with Crippen molar-refractivity contribution in [1.29, 1.82) is 0 Å². The third-order valence-corrected chi connectivity index (χ3v) is 3.70. The number of benzene rings is 1. The van der Waals surface area contributed by atoms with Crippen LogP contribution < -0.4 is 0 Å². The Morgan fingerprint density at radius 3 is 2.45 bits per heavy atom. The molecule has 0 saturated carbocycles. The fourth-order valence-electron chi connectivity index (χ4n) is 2.44. The monoisotopic (exact) mass is 278 g/mol. The normalized spacial score (nSPS) is 20.8. The molecule has 3 heteroatoms. The van der Waals surface area contributed by atoms with Crippen molar-refractivity contribution in [3.63, 3.8) is 0 Å². The highest BCUT2D eigenvalue weighted by Crippen LogP contribution is 2.26. The van der Waals surface area contributed by atoms with Gasteiger partial charge in [0.25, 0.3) is 0 Å². The maximum absolute atomic E-state index is 6.12. The highest BCUT2D eigenvalue weighted by molar-refractivity contribution is 5.13. The minimum atomic E-state index is -0.452. The van der Waals surface area contributed by atoms with Gasteiger partial charge in [-0.2, -0.15) is 0 Å². The van der Waals surface area contributed by atoms with Crippen LogP contribution in [0.3, 0.4) is 0 Å². The second-order valence-electron chi connectivity index (χ2n) is 5.91. The Hall–Kier alpha value is -0.900. The van der Waals surface area contributed by atoms with E-state index >= 15 is 0 Å². The van der Waals surface area contributed by atoms with E-state index in [0.717, 1.165) is 12.8 Å². The topological polar surface area (TPSA) is 27.7 Å². The zero-order valence-corrected chi connectivity index (χ0v) is 12.8. The van der Waals surface area contributed by atoms with E-state index in [9.17, 15) is 0 Å². The molecule has 1 fully saturated rings. The molecule has 1 atom stereocenters. The molecular formula is C17H26O3. The van der Waals surface area contributed by atoms with Gasteiger partial charge in [0.15, 0.2) is 5.79 Å². The van der Waals surface area contributed by atoms with E-state index < -0.39 is 5.79 Å². The van der Waals surface area contributed by atoms with Crippen LogP contribution in [-0.2, 0) is 20.8 Å². The lowest BCUT2D eigenvalue weighted by atomic mass is 9.99. The minimum absolute atomic E-state index is 0.205. The summed E-state index contributed by atoms with van der Waals surface area (Å²) in [5.74, 6) is -0.126. The quantitative estimate of drug-likeness (QED) is 0.792. The molecule has 0 aliphatic carbocycles. The van der Waals surface area contributed by atoms with Crippen LogP contribution in [0.1, 0.15) is 39.2 Å². The van der Waals surface area contributed by atoms with Gasteiger partial charge in [0.2, 0.25) is 0 Å². The van der Waals surface area contributed by atoms with Crippen LogP contribution in [0.2, 0.25) is 0 Å². The summed E-state index contributed by atoms with van der Waals surface area (Å²) < 4.78 is 17.6. The Morgan fingerprint density at radius 2 is 1.85 bits per heavy atom. The summed E-state index contributed by atoms with van der Waals surface area (Å²) in [5, 5.41) is 0. The van der Waals surface area contributed by atoms with Crippen LogP contribution in [-0.4, -0.2) is 25.1 Å². The van der Waals surface area contributed by atoms with Crippen molar-refractivity contribution in [3.8, 4) is 0 Å². The first-order chi connectivity index (χ1) is 9.61. The summed E-state index contributed by atoms with van der Waals surface area (Å²) in [7, 11) is 0. The minimum Gasteiger partial charge on any atom is -0.373 e. The summed E-state index contributed by atoms with van der Waals surface area (Å²) in [6, 6.07) is 10.3. The molecule has 1 heterocycles. The highest BCUT2D eigenvalue weighted by Gasteiger charge is 2.32. The van der Waals surface area contributed by atoms with Crippen molar-refractivity contribution < 1.29 is 14.2 Å². The summed E-state index contributed by atoms with van der Waals surface area (Å²) in [6.45, 7) is 8.20. The summed E-state index contributed by atoms with van der Waals surface area (Å²) in [6.07, 6.45) is 2.36. The molecule has 2 rings (SSSR count). The van der Waals surface area contributed by atoms with Gasteiger partial charge in [0.05, 0.1) is 25.9 Å². The summed E-state index contributed by atoms with van der Waals surface area (Å²) in [5.41, 5.74) is 1.21. The maximum Gasteiger partial charge on any atom is 0.162 e. The van der Waals surface area contributed by atoms with Crippen LogP contribution in [0.4, 0.5) is 0 Å². The van der Waals surface area contributed by atoms with E-state index in [1.165, 1.54) is 5.56 Å². The Kier molecular flexibility index (Phi) is 5.58. The van der Waals surface area contributed by atoms with Gasteiger partial charge in [0.1, 0.15) is 0 Å². The molecule has 0 N–H and O–H groups in total. The zero-order chi connectivity index (χ0) is 14.4. The molecule has 0 bridgehead atoms. The molecule has 1 aromatic carbocycles. The van der Waals surface area contributed by atoms with Gasteiger partial charge in [-0.1, -0.05) is 43.7 Å². The number of ether oxygens (including phenoxy) is 3. The first kappa shape index (κ1) is 15.5. The Bertz CT molecular complexity index is 378. The standard InChI is InChI=1S/C17H26O3/c1-4-8-16(15-12-19-17(2,3)20-13-15)18-11-14-9-6-5-7-10-14/h5-7,9-10,15-16H,4,8,11-13H2,1-3H3. The van der Waals surface area contributed by atoms with Crippen molar-refractivity contribution in [1.82, 2.24) is 0 Å². The third kappa shape index (κ3) is 4.58. The van der Waals surface area contributed by atoms with Gasteiger partial charge in [-0.25, -0.2) is 0 Å². The predicted octanol–water partition coefficient (Wildman–Crippen LogP) is 3.77. The second-order valence-corrected chi connectivity index (χ2v) is 5.91. The number of hydrogen-bond acceptors (Lipinski definition) is 3. The molecule has 1 unspecified atom stereocenters. The molecule has 112 valence electrons. The van der Waals surface area contributed by atoms with Crippen molar-refractivity contribution in [2.75, 3.05) is 13.2 Å².